The van der Waals surface area contributed by atoms with E-state index in [0.717, 1.165) is 18.4 Å². The van der Waals surface area contributed by atoms with E-state index in [1.165, 1.54) is 19.3 Å². The topological polar surface area (TPSA) is 53.6 Å². The molecule has 0 bridgehead atoms. The minimum Gasteiger partial charge on any atom is -0.345 e. The maximum absolute atomic E-state index is 5.43. The molecule has 0 atom stereocenters. The summed E-state index contributed by atoms with van der Waals surface area (Å²) < 4.78 is 0. The van der Waals surface area contributed by atoms with Crippen molar-refractivity contribution < 1.29 is 0 Å². The Balaban J connectivity index is 2.41. The molecule has 0 saturated heterocycles. The zero-order valence-electron chi connectivity index (χ0n) is 9.45. The lowest BCUT2D eigenvalue weighted by atomic mass is 9.85. The van der Waals surface area contributed by atoms with Crippen molar-refractivity contribution in [3.05, 3.63) is 0 Å². The van der Waals surface area contributed by atoms with E-state index in [0.29, 0.717) is 0 Å². The summed E-state index contributed by atoms with van der Waals surface area (Å²) in [5, 5.41) is 0. The first-order chi connectivity index (χ1) is 6.63. The van der Waals surface area contributed by atoms with E-state index in [9.17, 15) is 0 Å². The van der Waals surface area contributed by atoms with Gasteiger partial charge in [-0.25, -0.2) is 10.8 Å². The summed E-state index contributed by atoms with van der Waals surface area (Å²) in [4.78, 5) is 6.53. The molecule has 0 amide bonds. The summed E-state index contributed by atoms with van der Waals surface area (Å²) in [6.07, 6.45) is 4.08. The van der Waals surface area contributed by atoms with Crippen molar-refractivity contribution in [3.63, 3.8) is 0 Å². The van der Waals surface area contributed by atoms with Crippen molar-refractivity contribution in [1.29, 1.82) is 0 Å². The molecule has 1 rings (SSSR count). The fourth-order valence-electron chi connectivity index (χ4n) is 1.64. The zero-order chi connectivity index (χ0) is 10.6. The van der Waals surface area contributed by atoms with Gasteiger partial charge in [-0.1, -0.05) is 6.42 Å². The molecular formula is C10H22N4. The molecule has 4 heteroatoms. The lowest BCUT2D eigenvalue weighted by molar-refractivity contribution is 0.255. The lowest BCUT2D eigenvalue weighted by Crippen LogP contribution is -2.45. The predicted octanol–water partition coefficient (Wildman–Crippen LogP) is 0.946. The van der Waals surface area contributed by atoms with Crippen molar-refractivity contribution >= 4 is 5.96 Å². The molecule has 0 aromatic rings. The summed E-state index contributed by atoms with van der Waals surface area (Å²) in [7, 11) is 2.04. The second-order valence-corrected chi connectivity index (χ2v) is 4.37. The Kier molecular flexibility index (Phi) is 4.20. The first kappa shape index (κ1) is 11.3. The maximum Gasteiger partial charge on any atom is 0.208 e. The normalized spacial score (nSPS) is 18.2. The van der Waals surface area contributed by atoms with Crippen molar-refractivity contribution in [2.75, 3.05) is 13.6 Å². The largest absolute Gasteiger partial charge is 0.345 e. The number of aliphatic imine (C=N–C) groups is 1. The summed E-state index contributed by atoms with van der Waals surface area (Å²) in [6.45, 7) is 5.17. The van der Waals surface area contributed by atoms with E-state index >= 15 is 0 Å². The number of rotatable bonds is 3. The molecule has 4 nitrogen and oxygen atoms in total. The Hall–Kier alpha value is -0.770. The van der Waals surface area contributed by atoms with Crippen LogP contribution < -0.4 is 11.3 Å². The predicted molar refractivity (Wildman–Crippen MR) is 59.9 cm³/mol. The molecule has 0 heterocycles. The van der Waals surface area contributed by atoms with E-state index < -0.39 is 0 Å². The number of guanidine groups is 1. The van der Waals surface area contributed by atoms with Crippen LogP contribution in [0.15, 0.2) is 4.99 Å². The van der Waals surface area contributed by atoms with Gasteiger partial charge in [0.15, 0.2) is 0 Å². The molecule has 1 fully saturated rings. The third-order valence-electron chi connectivity index (χ3n) is 2.63. The van der Waals surface area contributed by atoms with Crippen LogP contribution in [0.4, 0.5) is 0 Å². The molecule has 0 spiro atoms. The van der Waals surface area contributed by atoms with Crippen LogP contribution in [0.1, 0.15) is 33.1 Å². The highest BCUT2D eigenvalue weighted by molar-refractivity contribution is 5.79. The van der Waals surface area contributed by atoms with Gasteiger partial charge in [0.05, 0.1) is 0 Å². The van der Waals surface area contributed by atoms with Gasteiger partial charge in [-0.3, -0.25) is 5.43 Å². The fourth-order valence-corrected chi connectivity index (χ4v) is 1.64. The van der Waals surface area contributed by atoms with E-state index in [-0.39, 0.29) is 6.04 Å². The van der Waals surface area contributed by atoms with Gasteiger partial charge < -0.3 is 4.90 Å². The van der Waals surface area contributed by atoms with E-state index in [1.54, 1.807) is 0 Å². The minimum atomic E-state index is 0.282. The average molecular weight is 198 g/mol. The van der Waals surface area contributed by atoms with Gasteiger partial charge in [-0.2, -0.15) is 0 Å². The molecule has 0 unspecified atom stereocenters. The Labute approximate surface area is 86.5 Å². The van der Waals surface area contributed by atoms with E-state index in [1.807, 2.05) is 7.05 Å². The molecule has 3 N–H and O–H groups in total. The molecule has 1 aliphatic carbocycles. The fraction of sp³-hybridized carbons (Fsp3) is 0.900. The molecule has 0 radical (unpaired) electrons. The van der Waals surface area contributed by atoms with Crippen LogP contribution in [0, 0.1) is 5.92 Å². The molecule has 0 aromatic heterocycles. The SMILES string of the molecule is CC(C)N=C(NN)N(C)CC1CCC1. The zero-order valence-corrected chi connectivity index (χ0v) is 9.45. The first-order valence-electron chi connectivity index (χ1n) is 5.39. The third kappa shape index (κ3) is 3.18. The third-order valence-corrected chi connectivity index (χ3v) is 2.63. The summed E-state index contributed by atoms with van der Waals surface area (Å²) in [5.74, 6) is 7.07. The van der Waals surface area contributed by atoms with Gasteiger partial charge in [-0.15, -0.1) is 0 Å². The van der Waals surface area contributed by atoms with Gasteiger partial charge in [-0.05, 0) is 32.6 Å². The molecule has 82 valence electrons. The van der Waals surface area contributed by atoms with Crippen LogP contribution in [-0.2, 0) is 0 Å². The smallest absolute Gasteiger partial charge is 0.208 e. The van der Waals surface area contributed by atoms with Crippen LogP contribution >= 0.6 is 0 Å². The quantitative estimate of drug-likeness (QED) is 0.307. The summed E-state index contributed by atoms with van der Waals surface area (Å²) in [6, 6.07) is 0.282. The van der Waals surface area contributed by atoms with Gasteiger partial charge >= 0.3 is 0 Å². The molecule has 1 aliphatic rings. The molecule has 0 aromatic carbocycles. The minimum absolute atomic E-state index is 0.282. The van der Waals surface area contributed by atoms with E-state index in [4.69, 9.17) is 5.84 Å². The number of nitrogens with two attached hydrogens (primary N) is 1. The lowest BCUT2D eigenvalue weighted by Gasteiger charge is -2.31. The van der Waals surface area contributed by atoms with E-state index in [2.05, 4.69) is 29.2 Å². The van der Waals surface area contributed by atoms with Crippen molar-refractivity contribution in [3.8, 4) is 0 Å². The highest BCUT2D eigenvalue weighted by atomic mass is 15.4. The van der Waals surface area contributed by atoms with Crippen LogP contribution in [0.25, 0.3) is 0 Å². The Bertz CT molecular complexity index is 196. The Morgan fingerprint density at radius 2 is 2.21 bits per heavy atom. The second kappa shape index (κ2) is 5.20. The number of nitrogens with one attached hydrogen (secondary N) is 1. The molecule has 14 heavy (non-hydrogen) atoms. The van der Waals surface area contributed by atoms with Gasteiger partial charge in [0, 0.05) is 19.6 Å². The molecule has 0 aliphatic heterocycles. The van der Waals surface area contributed by atoms with Gasteiger partial charge in [0.25, 0.3) is 0 Å². The van der Waals surface area contributed by atoms with Crippen LogP contribution in [-0.4, -0.2) is 30.5 Å². The van der Waals surface area contributed by atoms with Gasteiger partial charge in [0.2, 0.25) is 5.96 Å². The molecule has 1 saturated carbocycles. The number of nitrogens with zero attached hydrogens (tertiary/aromatic N) is 2. The highest BCUT2D eigenvalue weighted by Crippen LogP contribution is 2.26. The Morgan fingerprint density at radius 3 is 2.57 bits per heavy atom. The van der Waals surface area contributed by atoms with Crippen molar-refractivity contribution in [1.82, 2.24) is 10.3 Å². The maximum atomic E-state index is 5.43. The summed E-state index contributed by atoms with van der Waals surface area (Å²) >= 11 is 0. The van der Waals surface area contributed by atoms with Gasteiger partial charge in [0.1, 0.15) is 0 Å². The molecular weight excluding hydrogens is 176 g/mol. The Morgan fingerprint density at radius 1 is 1.57 bits per heavy atom. The monoisotopic (exact) mass is 198 g/mol. The van der Waals surface area contributed by atoms with Crippen molar-refractivity contribution in [2.24, 2.45) is 16.8 Å². The summed E-state index contributed by atoms with van der Waals surface area (Å²) in [5.41, 5.74) is 2.66. The van der Waals surface area contributed by atoms with Crippen LogP contribution in [0.2, 0.25) is 0 Å². The van der Waals surface area contributed by atoms with Crippen LogP contribution in [0.5, 0.6) is 0 Å². The number of hydrogen-bond acceptors (Lipinski definition) is 2. The number of hydrogen-bond donors (Lipinski definition) is 2. The van der Waals surface area contributed by atoms with Crippen LogP contribution in [0.3, 0.4) is 0 Å². The second-order valence-electron chi connectivity index (χ2n) is 4.37. The first-order valence-corrected chi connectivity index (χ1v) is 5.39. The standard InChI is InChI=1S/C10H22N4/c1-8(2)12-10(13-11)14(3)7-9-5-4-6-9/h8-9H,4-7,11H2,1-3H3,(H,12,13). The average Bonchev–Trinajstić information content (AvgIpc) is 2.06. The van der Waals surface area contributed by atoms with Crippen molar-refractivity contribution in [2.45, 2.75) is 39.2 Å². The number of hydrazine groups is 1. The highest BCUT2D eigenvalue weighted by Gasteiger charge is 2.20.